The van der Waals surface area contributed by atoms with Crippen molar-refractivity contribution in [2.75, 3.05) is 0 Å². The van der Waals surface area contributed by atoms with Crippen LogP contribution in [-0.2, 0) is 0 Å². The molecule has 4 nitrogen and oxygen atoms in total. The third kappa shape index (κ3) is 1.65. The molecule has 0 saturated heterocycles. The Hall–Kier alpha value is -1.68. The van der Waals surface area contributed by atoms with Crippen molar-refractivity contribution in [2.24, 2.45) is 0 Å². The second-order valence-corrected chi connectivity index (χ2v) is 3.03. The van der Waals surface area contributed by atoms with Crippen LogP contribution in [0.4, 0.5) is 0 Å². The van der Waals surface area contributed by atoms with E-state index in [0.29, 0.717) is 22.8 Å². The molecular formula is C9H5ClN2O2. The van der Waals surface area contributed by atoms with E-state index in [9.17, 15) is 4.79 Å². The predicted molar refractivity (Wildman–Crippen MR) is 50.1 cm³/mol. The summed E-state index contributed by atoms with van der Waals surface area (Å²) in [6, 6.07) is 4.80. The molecule has 14 heavy (non-hydrogen) atoms. The Morgan fingerprint density at radius 3 is 2.93 bits per heavy atom. The Morgan fingerprint density at radius 1 is 1.43 bits per heavy atom. The van der Waals surface area contributed by atoms with Crippen LogP contribution in [0.3, 0.4) is 0 Å². The summed E-state index contributed by atoms with van der Waals surface area (Å²) in [4.78, 5) is 14.4. The van der Waals surface area contributed by atoms with E-state index < -0.39 is 0 Å². The summed E-state index contributed by atoms with van der Waals surface area (Å²) in [6.07, 6.45) is 2.16. The highest BCUT2D eigenvalue weighted by Crippen LogP contribution is 2.20. The van der Waals surface area contributed by atoms with Gasteiger partial charge in [0.1, 0.15) is 11.4 Å². The Morgan fingerprint density at radius 2 is 2.29 bits per heavy atom. The quantitative estimate of drug-likeness (QED) is 0.710. The first kappa shape index (κ1) is 8.90. The van der Waals surface area contributed by atoms with Crippen LogP contribution in [0.2, 0.25) is 5.02 Å². The maximum atomic E-state index is 10.3. The van der Waals surface area contributed by atoms with Crippen LogP contribution >= 0.6 is 11.6 Å². The second kappa shape index (κ2) is 3.59. The smallest absolute Gasteiger partial charge is 0.185 e. The van der Waals surface area contributed by atoms with E-state index in [2.05, 4.69) is 10.1 Å². The van der Waals surface area contributed by atoms with Crippen molar-refractivity contribution in [3.05, 3.63) is 35.1 Å². The number of carbonyl (C=O) groups is 1. The number of rotatable bonds is 2. The minimum absolute atomic E-state index is 0.238. The lowest BCUT2D eigenvalue weighted by molar-refractivity contribution is 0.111. The van der Waals surface area contributed by atoms with Crippen LogP contribution in [0.25, 0.3) is 11.5 Å². The van der Waals surface area contributed by atoms with Gasteiger partial charge in [-0.15, -0.1) is 0 Å². The van der Waals surface area contributed by atoms with Crippen molar-refractivity contribution in [3.63, 3.8) is 0 Å². The molecule has 2 heterocycles. The molecule has 2 rings (SSSR count). The van der Waals surface area contributed by atoms with Crippen LogP contribution in [0, 0.1) is 0 Å². The average Bonchev–Trinajstić information content (AvgIpc) is 2.66. The Labute approximate surface area is 84.5 Å². The molecule has 5 heteroatoms. The number of pyridine rings is 1. The molecule has 0 saturated carbocycles. The summed E-state index contributed by atoms with van der Waals surface area (Å²) < 4.78 is 4.89. The Bertz CT molecular complexity index is 467. The summed E-state index contributed by atoms with van der Waals surface area (Å²) in [5.41, 5.74) is 0.792. The molecule has 0 fully saturated rings. The zero-order valence-corrected chi connectivity index (χ0v) is 7.73. The van der Waals surface area contributed by atoms with E-state index in [-0.39, 0.29) is 5.69 Å². The van der Waals surface area contributed by atoms with Gasteiger partial charge in [-0.1, -0.05) is 16.8 Å². The van der Waals surface area contributed by atoms with Gasteiger partial charge in [-0.05, 0) is 12.1 Å². The fourth-order valence-electron chi connectivity index (χ4n) is 1.00. The number of nitrogens with zero attached hydrogens (tertiary/aromatic N) is 2. The van der Waals surface area contributed by atoms with E-state index in [1.165, 1.54) is 6.07 Å². The van der Waals surface area contributed by atoms with Crippen LogP contribution < -0.4 is 0 Å². The van der Waals surface area contributed by atoms with E-state index >= 15 is 0 Å². The van der Waals surface area contributed by atoms with Crippen LogP contribution in [0.1, 0.15) is 10.5 Å². The van der Waals surface area contributed by atoms with Gasteiger partial charge in [0, 0.05) is 17.3 Å². The molecule has 2 aromatic rings. The molecule has 0 aliphatic rings. The van der Waals surface area contributed by atoms with Gasteiger partial charge in [0.25, 0.3) is 0 Å². The summed E-state index contributed by atoms with van der Waals surface area (Å²) >= 11 is 5.76. The SMILES string of the molecule is O=Cc1cc(-c2cc(Cl)ccn2)on1. The Balaban J connectivity index is 2.43. The van der Waals surface area contributed by atoms with Gasteiger partial charge in [0.15, 0.2) is 12.0 Å². The minimum atomic E-state index is 0.238. The average molecular weight is 209 g/mol. The van der Waals surface area contributed by atoms with Gasteiger partial charge in [0.2, 0.25) is 0 Å². The Kier molecular flexibility index (Phi) is 2.28. The highest BCUT2D eigenvalue weighted by Gasteiger charge is 2.07. The molecule has 0 aliphatic carbocycles. The van der Waals surface area contributed by atoms with Crippen LogP contribution in [0.15, 0.2) is 28.9 Å². The van der Waals surface area contributed by atoms with E-state index in [1.807, 2.05) is 0 Å². The number of aldehydes is 1. The fourth-order valence-corrected chi connectivity index (χ4v) is 1.16. The number of carbonyl (C=O) groups excluding carboxylic acids is 1. The summed E-state index contributed by atoms with van der Waals surface area (Å²) in [7, 11) is 0. The number of halogens is 1. The summed E-state index contributed by atoms with van der Waals surface area (Å²) in [6.45, 7) is 0. The molecule has 0 radical (unpaired) electrons. The van der Waals surface area contributed by atoms with Gasteiger partial charge >= 0.3 is 0 Å². The van der Waals surface area contributed by atoms with Crippen LogP contribution in [0.5, 0.6) is 0 Å². The second-order valence-electron chi connectivity index (χ2n) is 2.59. The van der Waals surface area contributed by atoms with Crippen molar-refractivity contribution in [3.8, 4) is 11.5 Å². The third-order valence-corrected chi connectivity index (χ3v) is 1.86. The maximum absolute atomic E-state index is 10.3. The first-order valence-corrected chi connectivity index (χ1v) is 4.21. The molecule has 0 spiro atoms. The first-order valence-electron chi connectivity index (χ1n) is 3.83. The first-order chi connectivity index (χ1) is 6.79. The van der Waals surface area contributed by atoms with E-state index in [1.54, 1.807) is 18.3 Å². The molecule has 0 aliphatic heterocycles. The molecule has 0 amide bonds. The van der Waals surface area contributed by atoms with Gasteiger partial charge in [-0.2, -0.15) is 0 Å². The van der Waals surface area contributed by atoms with Gasteiger partial charge in [0.05, 0.1) is 0 Å². The molecule has 0 bridgehead atoms. The molecule has 70 valence electrons. The van der Waals surface area contributed by atoms with Crippen molar-refractivity contribution >= 4 is 17.9 Å². The molecule has 0 aromatic carbocycles. The van der Waals surface area contributed by atoms with Crippen molar-refractivity contribution in [1.29, 1.82) is 0 Å². The topological polar surface area (TPSA) is 56.0 Å². The maximum Gasteiger partial charge on any atom is 0.185 e. The highest BCUT2D eigenvalue weighted by molar-refractivity contribution is 6.30. The molecule has 2 aromatic heterocycles. The molecular weight excluding hydrogens is 204 g/mol. The largest absolute Gasteiger partial charge is 0.354 e. The number of aromatic nitrogens is 2. The standard InChI is InChI=1S/C9H5ClN2O2/c10-6-1-2-11-8(3-6)9-4-7(5-13)12-14-9/h1-5H. The molecule has 0 atom stereocenters. The number of hydrogen-bond acceptors (Lipinski definition) is 4. The lowest BCUT2D eigenvalue weighted by Gasteiger charge is -1.93. The zero-order chi connectivity index (χ0) is 9.97. The highest BCUT2D eigenvalue weighted by atomic mass is 35.5. The van der Waals surface area contributed by atoms with Gasteiger partial charge in [-0.25, -0.2) is 0 Å². The van der Waals surface area contributed by atoms with Crippen molar-refractivity contribution < 1.29 is 9.32 Å². The molecule has 0 unspecified atom stereocenters. The minimum Gasteiger partial charge on any atom is -0.354 e. The number of hydrogen-bond donors (Lipinski definition) is 0. The van der Waals surface area contributed by atoms with Crippen LogP contribution in [-0.4, -0.2) is 16.4 Å². The lowest BCUT2D eigenvalue weighted by atomic mass is 10.3. The summed E-state index contributed by atoms with van der Waals surface area (Å²) in [5.74, 6) is 0.426. The lowest BCUT2D eigenvalue weighted by Crippen LogP contribution is -1.79. The third-order valence-electron chi connectivity index (χ3n) is 1.62. The molecule has 0 N–H and O–H groups in total. The summed E-state index contributed by atoms with van der Waals surface area (Å²) in [5, 5.41) is 4.07. The van der Waals surface area contributed by atoms with Crippen molar-refractivity contribution in [1.82, 2.24) is 10.1 Å². The monoisotopic (exact) mass is 208 g/mol. The fraction of sp³-hybridized carbons (Fsp3) is 0. The predicted octanol–water partition coefficient (Wildman–Crippen LogP) is 2.20. The van der Waals surface area contributed by atoms with E-state index in [4.69, 9.17) is 16.1 Å². The van der Waals surface area contributed by atoms with E-state index in [0.717, 1.165) is 0 Å². The normalized spacial score (nSPS) is 10.1. The van der Waals surface area contributed by atoms with Crippen molar-refractivity contribution in [2.45, 2.75) is 0 Å². The van der Waals surface area contributed by atoms with Gasteiger partial charge < -0.3 is 4.52 Å². The van der Waals surface area contributed by atoms with Gasteiger partial charge in [-0.3, -0.25) is 9.78 Å². The zero-order valence-electron chi connectivity index (χ0n) is 6.98.